The number of halogens is 1. The fraction of sp³-hybridized carbons (Fsp3) is 0.143. The Balaban J connectivity index is 1.64. The lowest BCUT2D eigenvalue weighted by Gasteiger charge is -2.23. The van der Waals surface area contributed by atoms with Crippen LogP contribution in [0.1, 0.15) is 28.8 Å². The fourth-order valence-electron chi connectivity index (χ4n) is 3.07. The summed E-state index contributed by atoms with van der Waals surface area (Å²) in [5.74, 6) is -1.43. The number of hydrazone groups is 1. The molecule has 0 saturated heterocycles. The molecular formula is C21H15FN2O4. The van der Waals surface area contributed by atoms with Crippen LogP contribution in [0, 0.1) is 5.82 Å². The number of rotatable bonds is 4. The second-order valence-corrected chi connectivity index (χ2v) is 6.42. The van der Waals surface area contributed by atoms with Gasteiger partial charge in [-0.3, -0.25) is 9.59 Å². The quantitative estimate of drug-likeness (QED) is 0.516. The van der Waals surface area contributed by atoms with Crippen LogP contribution in [0.2, 0.25) is 0 Å². The average Bonchev–Trinajstić information content (AvgIpc) is 2.70. The maximum atomic E-state index is 13.4. The van der Waals surface area contributed by atoms with Gasteiger partial charge in [0, 0.05) is 18.2 Å². The van der Waals surface area contributed by atoms with E-state index in [2.05, 4.69) is 5.10 Å². The number of nitrogens with zero attached hydrogens (tertiary/aromatic N) is 2. The second kappa shape index (κ2) is 7.19. The number of carbonyl (C=O) groups is 2. The van der Waals surface area contributed by atoms with E-state index in [0.29, 0.717) is 17.5 Å². The highest BCUT2D eigenvalue weighted by Crippen LogP contribution is 2.18. The number of carbonyl (C=O) groups excluding carboxylic acids is 2. The number of amides is 1. The Labute approximate surface area is 158 Å². The summed E-state index contributed by atoms with van der Waals surface area (Å²) in [6.45, 7) is -0.388. The zero-order valence-electron chi connectivity index (χ0n) is 14.7. The zero-order chi connectivity index (χ0) is 19.7. The molecule has 1 aliphatic rings. The molecule has 28 heavy (non-hydrogen) atoms. The summed E-state index contributed by atoms with van der Waals surface area (Å²) in [7, 11) is 0. The first-order chi connectivity index (χ1) is 13.5. The summed E-state index contributed by atoms with van der Waals surface area (Å²) in [6, 6.07) is 14.3. The Bertz CT molecular complexity index is 1170. The first kappa shape index (κ1) is 17.8. The molecule has 0 spiro atoms. The van der Waals surface area contributed by atoms with Gasteiger partial charge < -0.3 is 4.42 Å². The van der Waals surface area contributed by atoms with Gasteiger partial charge in [-0.15, -0.1) is 0 Å². The average molecular weight is 378 g/mol. The Kier molecular flexibility index (Phi) is 4.57. The molecule has 0 aliphatic carbocycles. The van der Waals surface area contributed by atoms with Crippen LogP contribution >= 0.6 is 0 Å². The summed E-state index contributed by atoms with van der Waals surface area (Å²) in [4.78, 5) is 37.0. The molecule has 0 N–H and O–H groups in total. The third kappa shape index (κ3) is 3.46. The molecular weight excluding hydrogens is 363 g/mol. The number of fused-ring (bicyclic) bond motifs is 1. The Morgan fingerprint density at radius 1 is 1.07 bits per heavy atom. The minimum Gasteiger partial charge on any atom is -0.422 e. The van der Waals surface area contributed by atoms with Crippen LogP contribution < -0.4 is 5.63 Å². The lowest BCUT2D eigenvalue weighted by molar-refractivity contribution is -0.131. The van der Waals surface area contributed by atoms with Crippen molar-refractivity contribution in [3.63, 3.8) is 0 Å². The lowest BCUT2D eigenvalue weighted by atomic mass is 10.0. The molecule has 2 heterocycles. The first-order valence-corrected chi connectivity index (χ1v) is 8.71. The van der Waals surface area contributed by atoms with E-state index in [4.69, 9.17) is 4.42 Å². The van der Waals surface area contributed by atoms with Crippen molar-refractivity contribution in [3.05, 3.63) is 82.0 Å². The van der Waals surface area contributed by atoms with Crippen molar-refractivity contribution in [1.82, 2.24) is 5.01 Å². The monoisotopic (exact) mass is 378 g/mol. The van der Waals surface area contributed by atoms with Gasteiger partial charge in [0.1, 0.15) is 23.5 Å². The van der Waals surface area contributed by atoms with Crippen molar-refractivity contribution in [3.8, 4) is 0 Å². The number of benzene rings is 2. The maximum absolute atomic E-state index is 13.4. The van der Waals surface area contributed by atoms with Gasteiger partial charge in [-0.25, -0.2) is 14.2 Å². The maximum Gasteiger partial charge on any atom is 0.347 e. The molecule has 0 radical (unpaired) electrons. The van der Waals surface area contributed by atoms with Crippen molar-refractivity contribution < 1.29 is 18.4 Å². The predicted molar refractivity (Wildman–Crippen MR) is 101 cm³/mol. The molecule has 1 aromatic heterocycles. The van der Waals surface area contributed by atoms with Crippen LogP contribution in [0.3, 0.4) is 0 Å². The standard InChI is InChI=1S/C21H15FN2O4/c22-15-6-8-19-14(10-15)11-16(21(27)28-19)18(25)12-24-20(26)9-7-17(23-24)13-4-2-1-3-5-13/h1-6,8,10-11H,7,9,12H2. The normalized spacial score (nSPS) is 14.2. The minimum atomic E-state index is -0.833. The molecule has 2 aromatic carbocycles. The Morgan fingerprint density at radius 2 is 1.86 bits per heavy atom. The summed E-state index contributed by atoms with van der Waals surface area (Å²) in [6.07, 6.45) is 0.698. The van der Waals surface area contributed by atoms with Crippen LogP contribution in [0.25, 0.3) is 11.0 Å². The molecule has 3 aromatic rings. The second-order valence-electron chi connectivity index (χ2n) is 6.42. The van der Waals surface area contributed by atoms with Gasteiger partial charge in [0.25, 0.3) is 0 Å². The largest absolute Gasteiger partial charge is 0.422 e. The van der Waals surface area contributed by atoms with Crippen LogP contribution in [0.5, 0.6) is 0 Å². The van der Waals surface area contributed by atoms with E-state index in [9.17, 15) is 18.8 Å². The summed E-state index contributed by atoms with van der Waals surface area (Å²) in [5.41, 5.74) is 0.670. The highest BCUT2D eigenvalue weighted by Gasteiger charge is 2.25. The van der Waals surface area contributed by atoms with Crippen molar-refractivity contribution in [1.29, 1.82) is 0 Å². The topological polar surface area (TPSA) is 80.0 Å². The van der Waals surface area contributed by atoms with Crippen molar-refractivity contribution >= 4 is 28.4 Å². The molecule has 0 bridgehead atoms. The third-order valence-electron chi connectivity index (χ3n) is 4.50. The zero-order valence-corrected chi connectivity index (χ0v) is 14.7. The van der Waals surface area contributed by atoms with E-state index in [-0.39, 0.29) is 30.0 Å². The SMILES string of the molecule is O=C(CN1N=C(c2ccccc2)CCC1=O)c1cc2cc(F)ccc2oc1=O. The van der Waals surface area contributed by atoms with Crippen LogP contribution in [-0.2, 0) is 4.79 Å². The van der Waals surface area contributed by atoms with Crippen molar-refractivity contribution in [2.75, 3.05) is 6.54 Å². The summed E-state index contributed by atoms with van der Waals surface area (Å²) < 4.78 is 18.5. The fourth-order valence-corrected chi connectivity index (χ4v) is 3.07. The first-order valence-electron chi connectivity index (χ1n) is 8.71. The Morgan fingerprint density at radius 3 is 2.64 bits per heavy atom. The van der Waals surface area contributed by atoms with E-state index in [1.165, 1.54) is 24.3 Å². The van der Waals surface area contributed by atoms with Crippen LogP contribution in [0.4, 0.5) is 4.39 Å². The predicted octanol–water partition coefficient (Wildman–Crippen LogP) is 3.14. The molecule has 6 nitrogen and oxygen atoms in total. The van der Waals surface area contributed by atoms with Gasteiger partial charge in [0.2, 0.25) is 5.91 Å². The van der Waals surface area contributed by atoms with E-state index >= 15 is 0 Å². The highest BCUT2D eigenvalue weighted by molar-refractivity contribution is 6.06. The minimum absolute atomic E-state index is 0.182. The third-order valence-corrected chi connectivity index (χ3v) is 4.50. The van der Waals surface area contributed by atoms with Gasteiger partial charge in [-0.1, -0.05) is 30.3 Å². The molecule has 0 unspecified atom stereocenters. The molecule has 140 valence electrons. The number of Topliss-reactive ketones (excluding diaryl/α,β-unsaturated/α-hetero) is 1. The number of hydrogen-bond acceptors (Lipinski definition) is 5. The molecule has 1 amide bonds. The molecule has 7 heteroatoms. The molecule has 0 fully saturated rings. The van der Waals surface area contributed by atoms with Gasteiger partial charge >= 0.3 is 5.63 Å². The van der Waals surface area contributed by atoms with Gasteiger partial charge in [-0.05, 0) is 29.8 Å². The van der Waals surface area contributed by atoms with Crippen LogP contribution in [0.15, 0.2) is 68.9 Å². The van der Waals surface area contributed by atoms with E-state index in [0.717, 1.165) is 10.6 Å². The summed E-state index contributed by atoms with van der Waals surface area (Å²) >= 11 is 0. The van der Waals surface area contributed by atoms with E-state index in [1.54, 1.807) is 0 Å². The highest BCUT2D eigenvalue weighted by atomic mass is 19.1. The van der Waals surface area contributed by atoms with E-state index < -0.39 is 17.2 Å². The number of hydrogen-bond donors (Lipinski definition) is 0. The summed E-state index contributed by atoms with van der Waals surface area (Å²) in [5, 5.41) is 5.66. The molecule has 0 atom stereocenters. The molecule has 1 aliphatic heterocycles. The van der Waals surface area contributed by atoms with Gasteiger partial charge in [-0.2, -0.15) is 5.10 Å². The van der Waals surface area contributed by atoms with Crippen molar-refractivity contribution in [2.24, 2.45) is 5.10 Å². The molecule has 4 rings (SSSR count). The van der Waals surface area contributed by atoms with Gasteiger partial charge in [0.15, 0.2) is 5.78 Å². The smallest absolute Gasteiger partial charge is 0.347 e. The van der Waals surface area contributed by atoms with Crippen molar-refractivity contribution in [2.45, 2.75) is 12.8 Å². The lowest BCUT2D eigenvalue weighted by Crippen LogP contribution is -2.37. The van der Waals surface area contributed by atoms with Gasteiger partial charge in [0.05, 0.1) is 5.71 Å². The van der Waals surface area contributed by atoms with Crippen LogP contribution in [-0.4, -0.2) is 29.0 Å². The molecule has 0 saturated carbocycles. The number of ketones is 1. The Hall–Kier alpha value is -3.61. The van der Waals surface area contributed by atoms with E-state index in [1.807, 2.05) is 30.3 Å².